The summed E-state index contributed by atoms with van der Waals surface area (Å²) < 4.78 is 0. The number of halogens is 1. The van der Waals surface area contributed by atoms with Gasteiger partial charge in [0.2, 0.25) is 5.91 Å². The van der Waals surface area contributed by atoms with E-state index in [-0.39, 0.29) is 18.3 Å². The normalized spacial score (nSPS) is 13.6. The van der Waals surface area contributed by atoms with Crippen LogP contribution in [0, 0.1) is 0 Å². The largest absolute Gasteiger partial charge is 0.357 e. The van der Waals surface area contributed by atoms with Gasteiger partial charge in [0.05, 0.1) is 0 Å². The Labute approximate surface area is 90.1 Å². The quantitative estimate of drug-likeness (QED) is 0.773. The van der Waals surface area contributed by atoms with Crippen molar-refractivity contribution >= 4 is 18.3 Å². The number of rotatable bonds is 2. The molecule has 0 fully saturated rings. The van der Waals surface area contributed by atoms with Crippen molar-refractivity contribution < 1.29 is 4.79 Å². The van der Waals surface area contributed by atoms with Gasteiger partial charge in [0.25, 0.3) is 0 Å². The number of carbonyl (C=O) groups excluding carboxylic acids is 1. The lowest BCUT2D eigenvalue weighted by Gasteiger charge is -2.22. The molecule has 0 aromatic heterocycles. The van der Waals surface area contributed by atoms with Gasteiger partial charge < -0.3 is 11.1 Å². The molecule has 1 amide bonds. The predicted molar refractivity (Wildman–Crippen MR) is 59.3 cm³/mol. The molecule has 3 nitrogen and oxygen atoms in total. The fraction of sp³-hybridized carbons (Fsp3) is 0.300. The minimum atomic E-state index is -0.948. The molecule has 1 rings (SSSR count). The van der Waals surface area contributed by atoms with Gasteiger partial charge in [-0.25, -0.2) is 0 Å². The number of likely N-dealkylation sites (N-methyl/N-ethyl adjacent to an activating group) is 1. The lowest BCUT2D eigenvalue weighted by atomic mass is 9.92. The third-order valence-electron chi connectivity index (χ3n) is 2.07. The van der Waals surface area contributed by atoms with E-state index in [9.17, 15) is 4.79 Å². The number of carbonyl (C=O) groups is 1. The SMILES string of the molecule is CNC(=O)[C@@](C)(N)c1ccccc1.Cl. The molecule has 1 aromatic carbocycles. The number of hydrogen-bond donors (Lipinski definition) is 2. The number of amides is 1. The second-order valence-electron chi connectivity index (χ2n) is 3.15. The van der Waals surface area contributed by atoms with Crippen molar-refractivity contribution in [3.63, 3.8) is 0 Å². The van der Waals surface area contributed by atoms with E-state index in [1.165, 1.54) is 0 Å². The van der Waals surface area contributed by atoms with Gasteiger partial charge in [-0.1, -0.05) is 30.3 Å². The molecule has 0 aliphatic carbocycles. The number of hydrogen-bond acceptors (Lipinski definition) is 2. The summed E-state index contributed by atoms with van der Waals surface area (Å²) in [6.07, 6.45) is 0. The molecule has 0 heterocycles. The number of benzene rings is 1. The lowest BCUT2D eigenvalue weighted by molar-refractivity contribution is -0.125. The molecule has 78 valence electrons. The third-order valence-corrected chi connectivity index (χ3v) is 2.07. The number of nitrogens with one attached hydrogen (secondary N) is 1. The maximum absolute atomic E-state index is 11.4. The van der Waals surface area contributed by atoms with Crippen LogP contribution in [0.2, 0.25) is 0 Å². The molecule has 1 atom stereocenters. The van der Waals surface area contributed by atoms with Crippen LogP contribution in [-0.2, 0) is 10.3 Å². The molecule has 0 saturated heterocycles. The monoisotopic (exact) mass is 214 g/mol. The zero-order valence-electron chi connectivity index (χ0n) is 8.28. The summed E-state index contributed by atoms with van der Waals surface area (Å²) in [6, 6.07) is 9.31. The van der Waals surface area contributed by atoms with E-state index in [4.69, 9.17) is 5.73 Å². The van der Waals surface area contributed by atoms with Gasteiger partial charge in [-0.3, -0.25) is 4.79 Å². The van der Waals surface area contributed by atoms with Gasteiger partial charge >= 0.3 is 0 Å². The van der Waals surface area contributed by atoms with Gasteiger partial charge in [0.15, 0.2) is 0 Å². The van der Waals surface area contributed by atoms with Crippen molar-refractivity contribution in [2.75, 3.05) is 7.05 Å². The van der Waals surface area contributed by atoms with Crippen LogP contribution in [0.3, 0.4) is 0 Å². The van der Waals surface area contributed by atoms with Gasteiger partial charge in [0.1, 0.15) is 5.54 Å². The van der Waals surface area contributed by atoms with E-state index in [1.54, 1.807) is 14.0 Å². The predicted octanol–water partition coefficient (Wildman–Crippen LogP) is 1.03. The highest BCUT2D eigenvalue weighted by Gasteiger charge is 2.28. The molecule has 4 heteroatoms. The second kappa shape index (κ2) is 4.98. The van der Waals surface area contributed by atoms with Crippen molar-refractivity contribution in [2.24, 2.45) is 5.73 Å². The number of nitrogens with two attached hydrogens (primary N) is 1. The Morgan fingerprint density at radius 2 is 1.86 bits per heavy atom. The van der Waals surface area contributed by atoms with Crippen molar-refractivity contribution in [1.29, 1.82) is 0 Å². The Hall–Kier alpha value is -1.06. The fourth-order valence-electron chi connectivity index (χ4n) is 1.18. The van der Waals surface area contributed by atoms with Crippen molar-refractivity contribution in [3.8, 4) is 0 Å². The Morgan fingerprint density at radius 1 is 1.36 bits per heavy atom. The molecule has 0 aliphatic heterocycles. The average Bonchev–Trinajstić information content (AvgIpc) is 2.18. The Bertz CT molecular complexity index is 298. The van der Waals surface area contributed by atoms with E-state index in [0.29, 0.717) is 0 Å². The average molecular weight is 215 g/mol. The topological polar surface area (TPSA) is 55.1 Å². The lowest BCUT2D eigenvalue weighted by Crippen LogP contribution is -2.47. The summed E-state index contributed by atoms with van der Waals surface area (Å²) in [5.74, 6) is -0.182. The first-order chi connectivity index (χ1) is 6.09. The molecule has 0 saturated carbocycles. The van der Waals surface area contributed by atoms with Gasteiger partial charge in [-0.15, -0.1) is 12.4 Å². The van der Waals surface area contributed by atoms with Crippen molar-refractivity contribution in [1.82, 2.24) is 5.32 Å². The standard InChI is InChI=1S/C10H14N2O.ClH/c1-10(11,9(13)12-2)8-6-4-3-5-7-8;/h3-7H,11H2,1-2H3,(H,12,13);1H/t10-;/m0./s1. The first-order valence-electron chi connectivity index (χ1n) is 4.15. The van der Waals surface area contributed by atoms with Crippen LogP contribution in [0.25, 0.3) is 0 Å². The van der Waals surface area contributed by atoms with E-state index in [0.717, 1.165) is 5.56 Å². The molecule has 1 aromatic rings. The highest BCUT2D eigenvalue weighted by molar-refractivity contribution is 5.86. The van der Waals surface area contributed by atoms with Gasteiger partial charge in [-0.05, 0) is 12.5 Å². The molecular formula is C10H15ClN2O. The van der Waals surface area contributed by atoms with E-state index < -0.39 is 5.54 Å². The minimum absolute atomic E-state index is 0. The molecule has 0 unspecified atom stereocenters. The van der Waals surface area contributed by atoms with Crippen LogP contribution in [0.15, 0.2) is 30.3 Å². The van der Waals surface area contributed by atoms with Crippen molar-refractivity contribution in [2.45, 2.75) is 12.5 Å². The molecule has 14 heavy (non-hydrogen) atoms. The summed E-state index contributed by atoms with van der Waals surface area (Å²) >= 11 is 0. The summed E-state index contributed by atoms with van der Waals surface area (Å²) in [4.78, 5) is 11.4. The van der Waals surface area contributed by atoms with Crippen LogP contribution in [0.4, 0.5) is 0 Å². The molecule has 0 radical (unpaired) electrons. The smallest absolute Gasteiger partial charge is 0.244 e. The zero-order chi connectivity index (χ0) is 9.90. The molecular weight excluding hydrogens is 200 g/mol. The molecule has 3 N–H and O–H groups in total. The second-order valence-corrected chi connectivity index (χ2v) is 3.15. The molecule has 0 bridgehead atoms. The minimum Gasteiger partial charge on any atom is -0.357 e. The summed E-state index contributed by atoms with van der Waals surface area (Å²) in [6.45, 7) is 1.70. The molecule has 0 spiro atoms. The first kappa shape index (κ1) is 12.9. The van der Waals surface area contributed by atoms with Gasteiger partial charge in [0, 0.05) is 7.05 Å². The molecule has 0 aliphatic rings. The Balaban J connectivity index is 0.00000169. The summed E-state index contributed by atoms with van der Waals surface area (Å²) in [5.41, 5.74) is 5.75. The zero-order valence-corrected chi connectivity index (χ0v) is 9.10. The maximum atomic E-state index is 11.4. The highest BCUT2D eigenvalue weighted by atomic mass is 35.5. The van der Waals surface area contributed by atoms with Crippen LogP contribution in [0.5, 0.6) is 0 Å². The van der Waals surface area contributed by atoms with Crippen LogP contribution < -0.4 is 11.1 Å². The van der Waals surface area contributed by atoms with Gasteiger partial charge in [-0.2, -0.15) is 0 Å². The van der Waals surface area contributed by atoms with Crippen LogP contribution in [-0.4, -0.2) is 13.0 Å². The highest BCUT2D eigenvalue weighted by Crippen LogP contribution is 2.16. The van der Waals surface area contributed by atoms with E-state index in [1.807, 2.05) is 30.3 Å². The Kier molecular flexibility index (Phi) is 4.60. The van der Waals surface area contributed by atoms with Crippen LogP contribution >= 0.6 is 12.4 Å². The maximum Gasteiger partial charge on any atom is 0.244 e. The Morgan fingerprint density at radius 3 is 2.29 bits per heavy atom. The third kappa shape index (κ3) is 2.47. The fourth-order valence-corrected chi connectivity index (χ4v) is 1.18. The van der Waals surface area contributed by atoms with Crippen LogP contribution in [0.1, 0.15) is 12.5 Å². The van der Waals surface area contributed by atoms with E-state index in [2.05, 4.69) is 5.32 Å². The van der Waals surface area contributed by atoms with Crippen molar-refractivity contribution in [3.05, 3.63) is 35.9 Å². The first-order valence-corrected chi connectivity index (χ1v) is 4.15. The summed E-state index contributed by atoms with van der Waals surface area (Å²) in [7, 11) is 1.58. The van der Waals surface area contributed by atoms with E-state index >= 15 is 0 Å². The summed E-state index contributed by atoms with van der Waals surface area (Å²) in [5, 5.41) is 2.54.